The lowest BCUT2D eigenvalue weighted by Gasteiger charge is -2.21. The van der Waals surface area contributed by atoms with Crippen LogP contribution in [0.4, 0.5) is 8.78 Å². The van der Waals surface area contributed by atoms with Crippen LogP contribution >= 0.6 is 12.4 Å². The summed E-state index contributed by atoms with van der Waals surface area (Å²) in [5.74, 6) is -1.78. The molecule has 1 aromatic rings. The topological polar surface area (TPSA) is 46.3 Å². The highest BCUT2D eigenvalue weighted by atomic mass is 35.5. The zero-order valence-electron chi connectivity index (χ0n) is 12.6. The van der Waals surface area contributed by atoms with E-state index in [1.807, 2.05) is 13.8 Å². The van der Waals surface area contributed by atoms with Gasteiger partial charge in [0.15, 0.2) is 11.6 Å². The van der Waals surface area contributed by atoms with E-state index in [1.165, 1.54) is 17.0 Å². The molecule has 0 spiro atoms. The van der Waals surface area contributed by atoms with Crippen LogP contribution in [0.25, 0.3) is 0 Å². The lowest BCUT2D eigenvalue weighted by atomic mass is 10.0. The smallest absolute Gasteiger partial charge is 0.226 e. The number of carbonyl (C=O) groups is 1. The minimum absolute atomic E-state index is 0. The van der Waals surface area contributed by atoms with Crippen molar-refractivity contribution in [2.24, 2.45) is 11.7 Å². The van der Waals surface area contributed by atoms with Crippen molar-refractivity contribution >= 4 is 18.3 Å². The largest absolute Gasteiger partial charge is 0.345 e. The van der Waals surface area contributed by atoms with E-state index in [0.717, 1.165) is 6.07 Å². The predicted octanol–water partition coefficient (Wildman–Crippen LogP) is 2.76. The van der Waals surface area contributed by atoms with E-state index in [4.69, 9.17) is 5.73 Å². The van der Waals surface area contributed by atoms with Crippen LogP contribution < -0.4 is 5.73 Å². The molecule has 0 bridgehead atoms. The Balaban J connectivity index is 0.00000400. The van der Waals surface area contributed by atoms with Crippen molar-refractivity contribution in [3.8, 4) is 0 Å². The van der Waals surface area contributed by atoms with Crippen LogP contribution in [-0.2, 0) is 11.2 Å². The van der Waals surface area contributed by atoms with Gasteiger partial charge in [-0.2, -0.15) is 0 Å². The first-order valence-electron chi connectivity index (χ1n) is 6.75. The van der Waals surface area contributed by atoms with Crippen LogP contribution in [0, 0.1) is 17.6 Å². The Kier molecular flexibility index (Phi) is 8.44. The summed E-state index contributed by atoms with van der Waals surface area (Å²) in [6.07, 6.45) is 0.544. The molecule has 21 heavy (non-hydrogen) atoms. The van der Waals surface area contributed by atoms with E-state index in [1.54, 1.807) is 7.05 Å². The van der Waals surface area contributed by atoms with E-state index in [9.17, 15) is 13.6 Å². The average molecular weight is 321 g/mol. The minimum Gasteiger partial charge on any atom is -0.345 e. The third-order valence-corrected chi connectivity index (χ3v) is 3.45. The van der Waals surface area contributed by atoms with Crippen LogP contribution in [0.3, 0.4) is 0 Å². The molecule has 1 atom stereocenters. The maximum Gasteiger partial charge on any atom is 0.226 e. The van der Waals surface area contributed by atoms with Gasteiger partial charge in [0, 0.05) is 25.2 Å². The molecular weight excluding hydrogens is 298 g/mol. The van der Waals surface area contributed by atoms with Gasteiger partial charge in [-0.3, -0.25) is 4.79 Å². The molecule has 0 saturated heterocycles. The monoisotopic (exact) mass is 320 g/mol. The Bertz CT molecular complexity index is 469. The fourth-order valence-electron chi connectivity index (χ4n) is 1.78. The molecule has 1 aromatic carbocycles. The molecule has 0 aliphatic carbocycles. The van der Waals surface area contributed by atoms with Crippen molar-refractivity contribution in [2.75, 3.05) is 13.6 Å². The number of hydrogen-bond donors (Lipinski definition) is 1. The van der Waals surface area contributed by atoms with Crippen molar-refractivity contribution in [3.05, 3.63) is 35.4 Å². The van der Waals surface area contributed by atoms with Gasteiger partial charge in [0.05, 0.1) is 6.42 Å². The number of nitrogens with two attached hydrogens (primary N) is 1. The molecule has 0 fully saturated rings. The quantitative estimate of drug-likeness (QED) is 0.876. The Hall–Kier alpha value is -1.20. The van der Waals surface area contributed by atoms with Crippen LogP contribution in [0.1, 0.15) is 25.8 Å². The van der Waals surface area contributed by atoms with Crippen molar-refractivity contribution in [1.82, 2.24) is 4.90 Å². The Morgan fingerprint density at radius 3 is 2.52 bits per heavy atom. The molecule has 0 aliphatic rings. The highest BCUT2D eigenvalue weighted by Crippen LogP contribution is 2.13. The van der Waals surface area contributed by atoms with Crippen molar-refractivity contribution in [3.63, 3.8) is 0 Å². The fraction of sp³-hybridized carbons (Fsp3) is 0.533. The first-order chi connectivity index (χ1) is 9.32. The molecule has 0 saturated carbocycles. The zero-order valence-corrected chi connectivity index (χ0v) is 13.4. The number of hydrogen-bond acceptors (Lipinski definition) is 2. The average Bonchev–Trinajstić information content (AvgIpc) is 2.40. The Morgan fingerprint density at radius 2 is 1.95 bits per heavy atom. The third-order valence-electron chi connectivity index (χ3n) is 3.45. The molecule has 1 unspecified atom stereocenters. The van der Waals surface area contributed by atoms with E-state index < -0.39 is 11.6 Å². The van der Waals surface area contributed by atoms with Crippen LogP contribution in [-0.4, -0.2) is 30.4 Å². The number of benzene rings is 1. The van der Waals surface area contributed by atoms with E-state index in [0.29, 0.717) is 18.9 Å². The molecule has 6 heteroatoms. The summed E-state index contributed by atoms with van der Waals surface area (Å²) in [6, 6.07) is 3.88. The van der Waals surface area contributed by atoms with Gasteiger partial charge in [-0.25, -0.2) is 8.78 Å². The van der Waals surface area contributed by atoms with Gasteiger partial charge in [-0.1, -0.05) is 26.0 Å². The summed E-state index contributed by atoms with van der Waals surface area (Å²) >= 11 is 0. The SMILES string of the molecule is CC(C)C(N)CCN(C)C(=O)Cc1cccc(F)c1F.Cl. The first-order valence-corrected chi connectivity index (χ1v) is 6.75. The minimum atomic E-state index is -0.951. The molecule has 120 valence electrons. The summed E-state index contributed by atoms with van der Waals surface area (Å²) in [6.45, 7) is 4.55. The summed E-state index contributed by atoms with van der Waals surface area (Å²) < 4.78 is 26.5. The van der Waals surface area contributed by atoms with Crippen molar-refractivity contribution < 1.29 is 13.6 Å². The van der Waals surface area contributed by atoms with Gasteiger partial charge in [0.1, 0.15) is 0 Å². The standard InChI is InChI=1S/C15H22F2N2O.ClH/c1-10(2)13(18)7-8-19(3)14(20)9-11-5-4-6-12(16)15(11)17;/h4-6,10,13H,7-9,18H2,1-3H3;1H. The number of carbonyl (C=O) groups excluding carboxylic acids is 1. The fourth-order valence-corrected chi connectivity index (χ4v) is 1.78. The lowest BCUT2D eigenvalue weighted by Crippen LogP contribution is -2.35. The summed E-state index contributed by atoms with van der Waals surface area (Å²) in [5, 5.41) is 0. The maximum atomic E-state index is 13.5. The number of likely N-dealkylation sites (N-methyl/N-ethyl adjacent to an activating group) is 1. The van der Waals surface area contributed by atoms with E-state index >= 15 is 0 Å². The molecule has 1 rings (SSSR count). The van der Waals surface area contributed by atoms with E-state index in [-0.39, 0.29) is 36.3 Å². The molecule has 2 N–H and O–H groups in total. The third kappa shape index (κ3) is 5.98. The van der Waals surface area contributed by atoms with Crippen molar-refractivity contribution in [2.45, 2.75) is 32.7 Å². The number of halogens is 3. The summed E-state index contributed by atoms with van der Waals surface area (Å²) in [7, 11) is 1.65. The first kappa shape index (κ1) is 19.8. The lowest BCUT2D eigenvalue weighted by molar-refractivity contribution is -0.129. The normalized spacial score (nSPS) is 12.0. The summed E-state index contributed by atoms with van der Waals surface area (Å²) in [4.78, 5) is 13.5. The molecule has 1 amide bonds. The van der Waals surface area contributed by atoms with Gasteiger partial charge in [-0.05, 0) is 18.4 Å². The second-order valence-corrected chi connectivity index (χ2v) is 5.40. The predicted molar refractivity (Wildman–Crippen MR) is 82.4 cm³/mol. The van der Waals surface area contributed by atoms with Crippen LogP contribution in [0.5, 0.6) is 0 Å². The highest BCUT2D eigenvalue weighted by molar-refractivity contribution is 5.85. The van der Waals surface area contributed by atoms with E-state index in [2.05, 4.69) is 0 Å². The van der Waals surface area contributed by atoms with Crippen LogP contribution in [0.15, 0.2) is 18.2 Å². The molecule has 0 aliphatic heterocycles. The zero-order chi connectivity index (χ0) is 15.3. The molecule has 3 nitrogen and oxygen atoms in total. The van der Waals surface area contributed by atoms with Gasteiger partial charge in [0.25, 0.3) is 0 Å². The number of rotatable bonds is 6. The van der Waals surface area contributed by atoms with Gasteiger partial charge in [0.2, 0.25) is 5.91 Å². The second-order valence-electron chi connectivity index (χ2n) is 5.40. The second kappa shape index (κ2) is 8.95. The molecular formula is C15H23ClF2N2O. The summed E-state index contributed by atoms with van der Waals surface area (Å²) in [5.41, 5.74) is 5.99. The highest BCUT2D eigenvalue weighted by Gasteiger charge is 2.16. The molecule has 0 heterocycles. The van der Waals surface area contributed by atoms with Crippen molar-refractivity contribution in [1.29, 1.82) is 0 Å². The number of nitrogens with zero attached hydrogens (tertiary/aromatic N) is 1. The Labute approximate surface area is 130 Å². The molecule has 0 radical (unpaired) electrons. The Morgan fingerprint density at radius 1 is 1.33 bits per heavy atom. The molecule has 0 aromatic heterocycles. The van der Waals surface area contributed by atoms with Crippen LogP contribution in [0.2, 0.25) is 0 Å². The number of amides is 1. The maximum absolute atomic E-state index is 13.5. The van der Waals surface area contributed by atoms with Gasteiger partial charge < -0.3 is 10.6 Å². The van der Waals surface area contributed by atoms with Gasteiger partial charge >= 0.3 is 0 Å². The van der Waals surface area contributed by atoms with Gasteiger partial charge in [-0.15, -0.1) is 12.4 Å².